The van der Waals surface area contributed by atoms with E-state index in [2.05, 4.69) is 4.90 Å². The van der Waals surface area contributed by atoms with Crippen molar-refractivity contribution in [2.45, 2.75) is 55.9 Å². The zero-order valence-corrected chi connectivity index (χ0v) is 14.5. The lowest BCUT2D eigenvalue weighted by Gasteiger charge is -2.31. The summed E-state index contributed by atoms with van der Waals surface area (Å²) in [6.07, 6.45) is 8.57. The number of nitrogens with zero attached hydrogens (tertiary/aromatic N) is 1. The Labute approximate surface area is 138 Å². The van der Waals surface area contributed by atoms with Crippen molar-refractivity contribution in [3.8, 4) is 0 Å². The lowest BCUT2D eigenvalue weighted by molar-refractivity contribution is -0.133. The largest absolute Gasteiger partial charge is 0.339 e. The van der Waals surface area contributed by atoms with Gasteiger partial charge in [0.1, 0.15) is 0 Å². The highest BCUT2D eigenvalue weighted by Crippen LogP contribution is 2.31. The van der Waals surface area contributed by atoms with Gasteiger partial charge in [-0.15, -0.1) is 0 Å². The number of rotatable bonds is 4. The molecule has 3 rings (SSSR count). The van der Waals surface area contributed by atoms with Gasteiger partial charge in [0.25, 0.3) is 0 Å². The molecule has 1 unspecified atom stereocenters. The zero-order valence-electron chi connectivity index (χ0n) is 13.7. The van der Waals surface area contributed by atoms with E-state index in [-0.39, 0.29) is 11.8 Å². The summed E-state index contributed by atoms with van der Waals surface area (Å²) in [6.45, 7) is 0.829. The van der Waals surface area contributed by atoms with Crippen LogP contribution in [-0.4, -0.2) is 38.1 Å². The fourth-order valence-electron chi connectivity index (χ4n) is 4.01. The van der Waals surface area contributed by atoms with Crippen molar-refractivity contribution in [1.29, 1.82) is 0 Å². The van der Waals surface area contributed by atoms with E-state index >= 15 is 0 Å². The second-order valence-corrected chi connectivity index (χ2v) is 8.88. The first kappa shape index (κ1) is 16.5. The van der Waals surface area contributed by atoms with Crippen molar-refractivity contribution in [2.75, 3.05) is 12.8 Å². The van der Waals surface area contributed by atoms with Gasteiger partial charge >= 0.3 is 0 Å². The van der Waals surface area contributed by atoms with Crippen molar-refractivity contribution in [2.24, 2.45) is 5.92 Å². The van der Waals surface area contributed by atoms with E-state index in [9.17, 15) is 13.2 Å². The maximum absolute atomic E-state index is 12.7. The molecule has 1 aromatic carbocycles. The van der Waals surface area contributed by atoms with Crippen molar-refractivity contribution >= 4 is 15.7 Å². The standard InChI is InChI=1S/C18H25NO3S/c1-23(21,22)17-10-6-5-7-14(17)13-15-11-12-19(18(15)20)16-8-3-2-4-9-16/h5-7,10,15-16H,2-4,8-9,11-13H2,1H3. The number of sulfone groups is 1. The molecule has 0 aromatic heterocycles. The van der Waals surface area contributed by atoms with Crippen LogP contribution < -0.4 is 0 Å². The number of amides is 1. The minimum Gasteiger partial charge on any atom is -0.339 e. The Hall–Kier alpha value is -1.36. The molecule has 1 saturated carbocycles. The Bertz CT molecular complexity index is 677. The highest BCUT2D eigenvalue weighted by atomic mass is 32.2. The van der Waals surface area contributed by atoms with Crippen molar-refractivity contribution in [3.05, 3.63) is 29.8 Å². The Morgan fingerprint density at radius 1 is 1.09 bits per heavy atom. The second kappa shape index (κ2) is 6.63. The third kappa shape index (κ3) is 3.60. The summed E-state index contributed by atoms with van der Waals surface area (Å²) in [5.41, 5.74) is 0.777. The van der Waals surface area contributed by atoms with E-state index in [1.807, 2.05) is 12.1 Å². The summed E-state index contributed by atoms with van der Waals surface area (Å²) in [5.74, 6) is 0.153. The maximum Gasteiger partial charge on any atom is 0.226 e. The van der Waals surface area contributed by atoms with Crippen LogP contribution in [0.5, 0.6) is 0 Å². The van der Waals surface area contributed by atoms with Gasteiger partial charge < -0.3 is 4.90 Å². The summed E-state index contributed by atoms with van der Waals surface area (Å²) < 4.78 is 23.9. The molecule has 1 atom stereocenters. The molecule has 5 heteroatoms. The van der Waals surface area contributed by atoms with Crippen LogP contribution in [-0.2, 0) is 21.1 Å². The molecule has 1 heterocycles. The van der Waals surface area contributed by atoms with Crippen molar-refractivity contribution < 1.29 is 13.2 Å². The molecule has 0 radical (unpaired) electrons. The van der Waals surface area contributed by atoms with Gasteiger partial charge in [-0.2, -0.15) is 0 Å². The first-order valence-electron chi connectivity index (χ1n) is 8.55. The first-order chi connectivity index (χ1) is 11.0. The highest BCUT2D eigenvalue weighted by molar-refractivity contribution is 7.90. The average Bonchev–Trinajstić information content (AvgIpc) is 2.89. The van der Waals surface area contributed by atoms with Crippen LogP contribution in [0.25, 0.3) is 0 Å². The predicted molar refractivity (Wildman–Crippen MR) is 89.9 cm³/mol. The van der Waals surface area contributed by atoms with Gasteiger partial charge in [-0.25, -0.2) is 8.42 Å². The Morgan fingerprint density at radius 2 is 1.78 bits per heavy atom. The van der Waals surface area contributed by atoms with E-state index < -0.39 is 9.84 Å². The van der Waals surface area contributed by atoms with Gasteiger partial charge in [0.05, 0.1) is 4.90 Å². The summed E-state index contributed by atoms with van der Waals surface area (Å²) in [5, 5.41) is 0. The third-order valence-electron chi connectivity index (χ3n) is 5.20. The molecular weight excluding hydrogens is 310 g/mol. The van der Waals surface area contributed by atoms with E-state index in [0.717, 1.165) is 31.4 Å². The van der Waals surface area contributed by atoms with E-state index in [1.165, 1.54) is 25.5 Å². The number of hydrogen-bond acceptors (Lipinski definition) is 3. The summed E-state index contributed by atoms with van der Waals surface area (Å²) >= 11 is 0. The van der Waals surface area contributed by atoms with Gasteiger partial charge in [-0.05, 0) is 37.3 Å². The second-order valence-electron chi connectivity index (χ2n) is 6.89. The minimum atomic E-state index is -3.25. The van der Waals surface area contributed by atoms with Crippen LogP contribution in [0.3, 0.4) is 0 Å². The molecule has 1 saturated heterocycles. The average molecular weight is 335 g/mol. The normalized spacial score (nSPS) is 23.4. The molecule has 2 aliphatic rings. The van der Waals surface area contributed by atoms with E-state index in [1.54, 1.807) is 12.1 Å². The maximum atomic E-state index is 12.7. The van der Waals surface area contributed by atoms with Crippen LogP contribution in [0.15, 0.2) is 29.2 Å². The summed E-state index contributed by atoms with van der Waals surface area (Å²) in [6, 6.07) is 7.48. The van der Waals surface area contributed by atoms with Crippen LogP contribution in [0, 0.1) is 5.92 Å². The van der Waals surface area contributed by atoms with Gasteiger partial charge in [0.15, 0.2) is 9.84 Å². The van der Waals surface area contributed by atoms with Gasteiger partial charge in [0, 0.05) is 24.8 Å². The van der Waals surface area contributed by atoms with E-state index in [0.29, 0.717) is 17.4 Å². The minimum absolute atomic E-state index is 0.0696. The fourth-order valence-corrected chi connectivity index (χ4v) is 4.96. The topological polar surface area (TPSA) is 54.5 Å². The zero-order chi connectivity index (χ0) is 16.4. The van der Waals surface area contributed by atoms with Crippen LogP contribution in [0.4, 0.5) is 0 Å². The lowest BCUT2D eigenvalue weighted by Crippen LogP contribution is -2.39. The van der Waals surface area contributed by atoms with Gasteiger partial charge in [-0.1, -0.05) is 37.5 Å². The number of hydrogen-bond donors (Lipinski definition) is 0. The number of carbonyl (C=O) groups excluding carboxylic acids is 1. The summed E-state index contributed by atoms with van der Waals surface area (Å²) in [4.78, 5) is 15.2. The predicted octanol–water partition coefficient (Wildman–Crippen LogP) is 2.81. The Balaban J connectivity index is 1.74. The first-order valence-corrected chi connectivity index (χ1v) is 10.4. The molecular formula is C18H25NO3S. The molecule has 23 heavy (non-hydrogen) atoms. The number of benzene rings is 1. The third-order valence-corrected chi connectivity index (χ3v) is 6.40. The number of likely N-dealkylation sites (tertiary alicyclic amines) is 1. The molecule has 1 aliphatic carbocycles. The highest BCUT2D eigenvalue weighted by Gasteiger charge is 2.36. The Morgan fingerprint density at radius 3 is 2.48 bits per heavy atom. The molecule has 1 amide bonds. The lowest BCUT2D eigenvalue weighted by atomic mass is 9.94. The molecule has 0 spiro atoms. The van der Waals surface area contributed by atoms with E-state index in [4.69, 9.17) is 0 Å². The molecule has 1 aliphatic heterocycles. The molecule has 4 nitrogen and oxygen atoms in total. The molecule has 126 valence electrons. The van der Waals surface area contributed by atoms with Crippen LogP contribution in [0.1, 0.15) is 44.1 Å². The van der Waals surface area contributed by atoms with Crippen LogP contribution >= 0.6 is 0 Å². The van der Waals surface area contributed by atoms with Gasteiger partial charge in [-0.3, -0.25) is 4.79 Å². The van der Waals surface area contributed by atoms with Gasteiger partial charge in [0.2, 0.25) is 5.91 Å². The molecule has 0 N–H and O–H groups in total. The van der Waals surface area contributed by atoms with Crippen LogP contribution in [0.2, 0.25) is 0 Å². The van der Waals surface area contributed by atoms with Crippen molar-refractivity contribution in [1.82, 2.24) is 4.90 Å². The SMILES string of the molecule is CS(=O)(=O)c1ccccc1CC1CCN(C2CCCCC2)C1=O. The molecule has 2 fully saturated rings. The summed E-state index contributed by atoms with van der Waals surface area (Å²) in [7, 11) is -3.25. The quantitative estimate of drug-likeness (QED) is 0.850. The van der Waals surface area contributed by atoms with Crippen molar-refractivity contribution in [3.63, 3.8) is 0 Å². The smallest absolute Gasteiger partial charge is 0.226 e. The molecule has 0 bridgehead atoms. The number of carbonyl (C=O) groups is 1. The monoisotopic (exact) mass is 335 g/mol. The Kier molecular flexibility index (Phi) is 4.76. The molecule has 1 aromatic rings. The fraction of sp³-hybridized carbons (Fsp3) is 0.611.